The molecule has 19 heavy (non-hydrogen) atoms. The Balaban J connectivity index is 2.23. The number of hydrogen-bond donors (Lipinski definition) is 1. The van der Waals surface area contributed by atoms with E-state index in [2.05, 4.69) is 10.9 Å². The number of hydrogen-bond acceptors (Lipinski definition) is 4. The fourth-order valence-electron chi connectivity index (χ4n) is 1.75. The van der Waals surface area contributed by atoms with Gasteiger partial charge in [0.15, 0.2) is 5.03 Å². The molecule has 1 aromatic rings. The van der Waals surface area contributed by atoms with Crippen molar-refractivity contribution >= 4 is 10.0 Å². The normalized spacial score (nSPS) is 15.4. The predicted octanol–water partition coefficient (Wildman–Crippen LogP) is 0.574. The molecule has 0 amide bonds. The average Bonchev–Trinajstić information content (AvgIpc) is 3.22. The van der Waals surface area contributed by atoms with Gasteiger partial charge in [-0.05, 0) is 30.4 Å². The molecule has 2 rings (SSSR count). The molecule has 0 saturated heterocycles. The summed E-state index contributed by atoms with van der Waals surface area (Å²) in [5.41, 5.74) is 6.26. The third-order valence-corrected chi connectivity index (χ3v) is 4.79. The van der Waals surface area contributed by atoms with Crippen LogP contribution in [0.5, 0.6) is 0 Å². The van der Waals surface area contributed by atoms with Crippen LogP contribution in [-0.4, -0.2) is 30.8 Å². The summed E-state index contributed by atoms with van der Waals surface area (Å²) >= 11 is 0. The maximum absolute atomic E-state index is 12.4. The number of aromatic nitrogens is 1. The number of nitrogens with two attached hydrogens (primary N) is 1. The number of pyridine rings is 1. The zero-order valence-corrected chi connectivity index (χ0v) is 11.4. The Kier molecular flexibility index (Phi) is 4.20. The van der Waals surface area contributed by atoms with E-state index in [-0.39, 0.29) is 11.6 Å². The lowest BCUT2D eigenvalue weighted by Gasteiger charge is -2.19. The number of sulfonamides is 1. The van der Waals surface area contributed by atoms with Gasteiger partial charge in [-0.1, -0.05) is 12.0 Å². The van der Waals surface area contributed by atoms with Gasteiger partial charge >= 0.3 is 0 Å². The van der Waals surface area contributed by atoms with E-state index in [0.717, 1.165) is 18.4 Å². The molecule has 1 saturated carbocycles. The lowest BCUT2D eigenvalue weighted by atomic mass is 10.3. The summed E-state index contributed by atoms with van der Waals surface area (Å²) in [6, 6.07) is 3.15. The minimum Gasteiger partial charge on any atom is -0.326 e. The largest absolute Gasteiger partial charge is 0.326 e. The molecule has 0 aliphatic heterocycles. The smallest absolute Gasteiger partial charge is 0.261 e. The summed E-state index contributed by atoms with van der Waals surface area (Å²) in [4.78, 5) is 3.97. The van der Waals surface area contributed by atoms with E-state index in [0.29, 0.717) is 19.0 Å². The third kappa shape index (κ3) is 3.32. The van der Waals surface area contributed by atoms with Gasteiger partial charge in [0.25, 0.3) is 10.0 Å². The second-order valence-corrected chi connectivity index (χ2v) is 6.54. The van der Waals surface area contributed by atoms with Crippen LogP contribution in [0.3, 0.4) is 0 Å². The maximum Gasteiger partial charge on any atom is 0.261 e. The van der Waals surface area contributed by atoms with Crippen LogP contribution < -0.4 is 5.73 Å². The van der Waals surface area contributed by atoms with Crippen LogP contribution >= 0.6 is 0 Å². The van der Waals surface area contributed by atoms with Gasteiger partial charge in [0.2, 0.25) is 0 Å². The Bertz CT molecular complexity index is 571. The Morgan fingerprint density at radius 2 is 2.21 bits per heavy atom. The Labute approximate surface area is 113 Å². The summed E-state index contributed by atoms with van der Waals surface area (Å²) in [6.45, 7) is 0.898. The van der Waals surface area contributed by atoms with Crippen molar-refractivity contribution in [2.75, 3.05) is 13.1 Å². The summed E-state index contributed by atoms with van der Waals surface area (Å²) in [7, 11) is -3.60. The van der Waals surface area contributed by atoms with E-state index >= 15 is 0 Å². The molecule has 0 atom stereocenters. The molecule has 1 aromatic heterocycles. The van der Waals surface area contributed by atoms with Crippen molar-refractivity contribution in [3.8, 4) is 12.3 Å². The van der Waals surface area contributed by atoms with Gasteiger partial charge in [-0.15, -0.1) is 6.42 Å². The minimum absolute atomic E-state index is 0.0283. The number of rotatable bonds is 6. The van der Waals surface area contributed by atoms with Gasteiger partial charge in [-0.3, -0.25) is 0 Å². The highest BCUT2D eigenvalue weighted by molar-refractivity contribution is 7.89. The summed E-state index contributed by atoms with van der Waals surface area (Å²) in [6.07, 6.45) is 8.87. The highest BCUT2D eigenvalue weighted by Crippen LogP contribution is 2.31. The van der Waals surface area contributed by atoms with Crippen LogP contribution in [0.1, 0.15) is 18.4 Å². The molecular weight excluding hydrogens is 262 g/mol. The Morgan fingerprint density at radius 1 is 1.47 bits per heavy atom. The fourth-order valence-corrected chi connectivity index (χ4v) is 3.10. The molecule has 102 valence electrons. The summed E-state index contributed by atoms with van der Waals surface area (Å²) in [5.74, 6) is 2.83. The van der Waals surface area contributed by atoms with E-state index in [9.17, 15) is 8.42 Å². The minimum atomic E-state index is -3.60. The average molecular weight is 279 g/mol. The molecule has 6 heteroatoms. The fraction of sp³-hybridized carbons (Fsp3) is 0.462. The van der Waals surface area contributed by atoms with Crippen molar-refractivity contribution in [3.05, 3.63) is 23.9 Å². The first-order chi connectivity index (χ1) is 9.07. The first-order valence-electron chi connectivity index (χ1n) is 6.16. The SMILES string of the molecule is C#CCN(CC1CC1)S(=O)(=O)c1ccc(CN)cn1. The third-order valence-electron chi connectivity index (χ3n) is 3.06. The van der Waals surface area contributed by atoms with Gasteiger partial charge < -0.3 is 5.73 Å². The topological polar surface area (TPSA) is 76.3 Å². The van der Waals surface area contributed by atoms with Crippen molar-refractivity contribution < 1.29 is 8.42 Å². The van der Waals surface area contributed by atoms with Crippen LogP contribution in [0.4, 0.5) is 0 Å². The molecule has 1 heterocycles. The lowest BCUT2D eigenvalue weighted by Crippen LogP contribution is -2.33. The molecule has 0 radical (unpaired) electrons. The highest BCUT2D eigenvalue weighted by Gasteiger charge is 2.31. The van der Waals surface area contributed by atoms with Crippen molar-refractivity contribution in [1.82, 2.24) is 9.29 Å². The molecule has 0 spiro atoms. The second-order valence-electron chi connectivity index (χ2n) is 4.65. The van der Waals surface area contributed by atoms with Crippen LogP contribution in [0, 0.1) is 18.3 Å². The van der Waals surface area contributed by atoms with Gasteiger partial charge in [0, 0.05) is 19.3 Å². The van der Waals surface area contributed by atoms with Crippen LogP contribution in [0.2, 0.25) is 0 Å². The first-order valence-corrected chi connectivity index (χ1v) is 7.60. The highest BCUT2D eigenvalue weighted by atomic mass is 32.2. The molecular formula is C13H17N3O2S. The molecule has 1 aliphatic rings. The van der Waals surface area contributed by atoms with Gasteiger partial charge in [-0.2, -0.15) is 4.31 Å². The molecule has 1 aliphatic carbocycles. The van der Waals surface area contributed by atoms with Crippen molar-refractivity contribution in [3.63, 3.8) is 0 Å². The Hall–Kier alpha value is -1.42. The van der Waals surface area contributed by atoms with Crippen LogP contribution in [0.15, 0.2) is 23.4 Å². The molecule has 2 N–H and O–H groups in total. The van der Waals surface area contributed by atoms with Gasteiger partial charge in [0.1, 0.15) is 0 Å². The summed E-state index contributed by atoms with van der Waals surface area (Å²) in [5, 5.41) is 0.0283. The standard InChI is InChI=1S/C13H17N3O2S/c1-2-7-16(10-11-3-4-11)19(17,18)13-6-5-12(8-14)9-15-13/h1,5-6,9,11H,3-4,7-8,10,14H2. The van der Waals surface area contributed by atoms with Crippen LogP contribution in [-0.2, 0) is 16.6 Å². The maximum atomic E-state index is 12.4. The van der Waals surface area contributed by atoms with Gasteiger partial charge in [-0.25, -0.2) is 13.4 Å². The van der Waals surface area contributed by atoms with Gasteiger partial charge in [0.05, 0.1) is 6.54 Å². The molecule has 5 nitrogen and oxygen atoms in total. The van der Waals surface area contributed by atoms with E-state index in [4.69, 9.17) is 12.2 Å². The molecule has 0 unspecified atom stereocenters. The zero-order valence-electron chi connectivity index (χ0n) is 10.6. The van der Waals surface area contributed by atoms with E-state index in [1.807, 2.05) is 0 Å². The lowest BCUT2D eigenvalue weighted by molar-refractivity contribution is 0.428. The molecule has 0 bridgehead atoms. The van der Waals surface area contributed by atoms with Crippen molar-refractivity contribution in [1.29, 1.82) is 0 Å². The molecule has 0 aromatic carbocycles. The summed E-state index contributed by atoms with van der Waals surface area (Å²) < 4.78 is 26.2. The monoisotopic (exact) mass is 279 g/mol. The number of terminal acetylenes is 1. The quantitative estimate of drug-likeness (QED) is 0.773. The zero-order chi connectivity index (χ0) is 13.9. The van der Waals surface area contributed by atoms with E-state index < -0.39 is 10.0 Å². The predicted molar refractivity (Wildman–Crippen MR) is 72.4 cm³/mol. The second kappa shape index (κ2) is 5.70. The molecule has 1 fully saturated rings. The van der Waals surface area contributed by atoms with E-state index in [1.54, 1.807) is 6.07 Å². The number of nitrogens with zero attached hydrogens (tertiary/aromatic N) is 2. The first kappa shape index (κ1) is 14.0. The Morgan fingerprint density at radius 3 is 2.68 bits per heavy atom. The van der Waals surface area contributed by atoms with E-state index in [1.165, 1.54) is 16.6 Å². The van der Waals surface area contributed by atoms with Crippen molar-refractivity contribution in [2.45, 2.75) is 24.4 Å². The van der Waals surface area contributed by atoms with Crippen LogP contribution in [0.25, 0.3) is 0 Å². The van der Waals surface area contributed by atoms with Crippen molar-refractivity contribution in [2.24, 2.45) is 11.7 Å².